The molecule has 1 aromatic carbocycles. The number of carbonyl (C=O) groups excluding carboxylic acids is 1. The van der Waals surface area contributed by atoms with Gasteiger partial charge in [0.05, 0.1) is 18.6 Å². The van der Waals surface area contributed by atoms with E-state index in [0.717, 1.165) is 11.1 Å². The van der Waals surface area contributed by atoms with Crippen molar-refractivity contribution in [3.63, 3.8) is 0 Å². The Labute approximate surface area is 137 Å². The van der Waals surface area contributed by atoms with Crippen molar-refractivity contribution in [2.45, 2.75) is 20.8 Å². The van der Waals surface area contributed by atoms with Gasteiger partial charge in [-0.25, -0.2) is 13.2 Å². The fraction of sp³-hybridized carbons (Fsp3) is 0.562. The zero-order chi connectivity index (χ0) is 17.2. The second-order valence-electron chi connectivity index (χ2n) is 6.24. The molecule has 0 radical (unpaired) electrons. The van der Waals surface area contributed by atoms with Gasteiger partial charge in [-0.15, -0.1) is 0 Å². The molecule has 0 bridgehead atoms. The van der Waals surface area contributed by atoms with E-state index in [1.54, 1.807) is 12.0 Å². The number of amides is 2. The van der Waals surface area contributed by atoms with Crippen LogP contribution in [0.4, 0.5) is 10.5 Å². The highest BCUT2D eigenvalue weighted by atomic mass is 32.2. The van der Waals surface area contributed by atoms with Gasteiger partial charge in [-0.3, -0.25) is 0 Å². The van der Waals surface area contributed by atoms with Crippen LogP contribution in [-0.2, 0) is 9.84 Å². The van der Waals surface area contributed by atoms with Gasteiger partial charge in [0.15, 0.2) is 9.84 Å². The van der Waals surface area contributed by atoms with Crippen molar-refractivity contribution in [3.05, 3.63) is 23.3 Å². The van der Waals surface area contributed by atoms with Gasteiger partial charge in [-0.2, -0.15) is 0 Å². The SMILES string of the molecule is COc1cc(C)cc(NC(=O)N2CCS(=O)(=O)C[C@H](C)C2)c1C. The standard InChI is InChI=1S/C16H24N2O4S/c1-11-7-14(13(3)15(8-11)22-4)17-16(19)18-5-6-23(20,21)10-12(2)9-18/h7-8,12H,5-6,9-10H2,1-4H3,(H,17,19)/t12-/m1/s1. The molecule has 0 aromatic heterocycles. The van der Waals surface area contributed by atoms with Crippen molar-refractivity contribution < 1.29 is 17.9 Å². The molecular weight excluding hydrogens is 316 g/mol. The first kappa shape index (κ1) is 17.6. The van der Waals surface area contributed by atoms with Crippen LogP contribution in [0.1, 0.15) is 18.1 Å². The average molecular weight is 340 g/mol. The summed E-state index contributed by atoms with van der Waals surface area (Å²) >= 11 is 0. The minimum Gasteiger partial charge on any atom is -0.496 e. The number of nitrogens with one attached hydrogen (secondary N) is 1. The molecule has 0 unspecified atom stereocenters. The van der Waals surface area contributed by atoms with Crippen molar-refractivity contribution in [2.75, 3.05) is 37.0 Å². The number of nitrogens with zero attached hydrogens (tertiary/aromatic N) is 1. The van der Waals surface area contributed by atoms with E-state index in [4.69, 9.17) is 4.74 Å². The quantitative estimate of drug-likeness (QED) is 0.895. The summed E-state index contributed by atoms with van der Waals surface area (Å²) in [7, 11) is -1.48. The summed E-state index contributed by atoms with van der Waals surface area (Å²) in [5, 5.41) is 2.88. The van der Waals surface area contributed by atoms with E-state index in [9.17, 15) is 13.2 Å². The molecule has 2 rings (SSSR count). The molecule has 0 aliphatic carbocycles. The van der Waals surface area contributed by atoms with Crippen LogP contribution in [0.25, 0.3) is 0 Å². The number of anilines is 1. The Kier molecular flexibility index (Phi) is 5.19. The van der Waals surface area contributed by atoms with E-state index in [1.165, 1.54) is 0 Å². The smallest absolute Gasteiger partial charge is 0.321 e. The number of hydrogen-bond donors (Lipinski definition) is 1. The number of sulfone groups is 1. The van der Waals surface area contributed by atoms with Crippen molar-refractivity contribution in [2.24, 2.45) is 5.92 Å². The number of ether oxygens (including phenoxy) is 1. The number of carbonyl (C=O) groups is 1. The number of methoxy groups -OCH3 is 1. The van der Waals surface area contributed by atoms with Crippen molar-refractivity contribution in [1.29, 1.82) is 0 Å². The number of hydrogen-bond acceptors (Lipinski definition) is 4. The fourth-order valence-corrected chi connectivity index (χ4v) is 4.47. The molecule has 128 valence electrons. The third-order valence-electron chi connectivity index (χ3n) is 4.00. The second-order valence-corrected chi connectivity index (χ2v) is 8.46. The molecule has 0 spiro atoms. The van der Waals surface area contributed by atoms with Gasteiger partial charge in [-0.05, 0) is 37.5 Å². The molecule has 1 aliphatic heterocycles. The molecule has 7 heteroatoms. The van der Waals surface area contributed by atoms with Crippen LogP contribution >= 0.6 is 0 Å². The van der Waals surface area contributed by atoms with Gasteiger partial charge in [0.25, 0.3) is 0 Å². The molecule has 1 N–H and O–H groups in total. The van der Waals surface area contributed by atoms with E-state index < -0.39 is 9.84 Å². The number of urea groups is 1. The van der Waals surface area contributed by atoms with E-state index in [-0.39, 0.29) is 30.0 Å². The third-order valence-corrected chi connectivity index (χ3v) is 5.88. The van der Waals surface area contributed by atoms with Crippen LogP contribution in [0.3, 0.4) is 0 Å². The Morgan fingerprint density at radius 2 is 2.04 bits per heavy atom. The van der Waals surface area contributed by atoms with Gasteiger partial charge in [-0.1, -0.05) is 6.92 Å². The summed E-state index contributed by atoms with van der Waals surface area (Å²) < 4.78 is 28.9. The highest BCUT2D eigenvalue weighted by Gasteiger charge is 2.27. The van der Waals surface area contributed by atoms with Crippen molar-refractivity contribution >= 4 is 21.6 Å². The lowest BCUT2D eigenvalue weighted by Gasteiger charge is -2.23. The van der Waals surface area contributed by atoms with Gasteiger partial charge in [0, 0.05) is 24.3 Å². The van der Waals surface area contributed by atoms with Crippen LogP contribution in [-0.4, -0.2) is 51.1 Å². The van der Waals surface area contributed by atoms with Crippen molar-refractivity contribution in [1.82, 2.24) is 4.90 Å². The number of aryl methyl sites for hydroxylation is 1. The Bertz CT molecular complexity index is 700. The molecule has 6 nitrogen and oxygen atoms in total. The molecule has 1 fully saturated rings. The average Bonchev–Trinajstić information content (AvgIpc) is 2.59. The first-order valence-electron chi connectivity index (χ1n) is 7.63. The van der Waals surface area contributed by atoms with E-state index in [2.05, 4.69) is 5.32 Å². The monoisotopic (exact) mass is 340 g/mol. The predicted molar refractivity (Wildman–Crippen MR) is 90.9 cm³/mol. The summed E-state index contributed by atoms with van der Waals surface area (Å²) in [4.78, 5) is 14.1. The Morgan fingerprint density at radius 3 is 2.70 bits per heavy atom. The van der Waals surface area contributed by atoms with E-state index in [0.29, 0.717) is 18.0 Å². The minimum absolute atomic E-state index is 0.0148. The van der Waals surface area contributed by atoms with Crippen LogP contribution in [0.5, 0.6) is 5.75 Å². The van der Waals surface area contributed by atoms with Crippen LogP contribution in [0.15, 0.2) is 12.1 Å². The molecule has 1 saturated heterocycles. The zero-order valence-corrected chi connectivity index (χ0v) is 14.9. The molecule has 1 aromatic rings. The number of rotatable bonds is 2. The van der Waals surface area contributed by atoms with Crippen LogP contribution in [0.2, 0.25) is 0 Å². The zero-order valence-electron chi connectivity index (χ0n) is 14.0. The Morgan fingerprint density at radius 1 is 1.35 bits per heavy atom. The fourth-order valence-electron chi connectivity index (χ4n) is 2.83. The van der Waals surface area contributed by atoms with Gasteiger partial charge in [0.2, 0.25) is 0 Å². The lowest BCUT2D eigenvalue weighted by molar-refractivity contribution is 0.210. The normalized spacial score (nSPS) is 20.7. The lowest BCUT2D eigenvalue weighted by atomic mass is 10.1. The maximum absolute atomic E-state index is 12.5. The minimum atomic E-state index is -3.07. The van der Waals surface area contributed by atoms with Crippen LogP contribution < -0.4 is 10.1 Å². The first-order chi connectivity index (χ1) is 10.7. The Hall–Kier alpha value is -1.76. The van der Waals surface area contributed by atoms with Gasteiger partial charge < -0.3 is 15.0 Å². The predicted octanol–water partition coefficient (Wildman–Crippen LogP) is 2.21. The molecule has 1 atom stereocenters. The maximum Gasteiger partial charge on any atom is 0.321 e. The summed E-state index contributed by atoms with van der Waals surface area (Å²) in [6, 6.07) is 3.52. The summed E-state index contributed by atoms with van der Waals surface area (Å²) in [5.41, 5.74) is 2.52. The number of benzene rings is 1. The summed E-state index contributed by atoms with van der Waals surface area (Å²) in [6.45, 7) is 6.32. The van der Waals surface area contributed by atoms with E-state index in [1.807, 2.05) is 32.9 Å². The van der Waals surface area contributed by atoms with Crippen molar-refractivity contribution in [3.8, 4) is 5.75 Å². The molecule has 23 heavy (non-hydrogen) atoms. The Balaban J connectivity index is 2.17. The molecule has 1 heterocycles. The highest BCUT2D eigenvalue weighted by molar-refractivity contribution is 7.91. The van der Waals surface area contributed by atoms with E-state index >= 15 is 0 Å². The highest BCUT2D eigenvalue weighted by Crippen LogP contribution is 2.28. The largest absolute Gasteiger partial charge is 0.496 e. The van der Waals surface area contributed by atoms with Crippen LogP contribution in [0, 0.1) is 19.8 Å². The van der Waals surface area contributed by atoms with Gasteiger partial charge in [0.1, 0.15) is 5.75 Å². The topological polar surface area (TPSA) is 75.7 Å². The molecule has 1 aliphatic rings. The summed E-state index contributed by atoms with van der Waals surface area (Å²) in [5.74, 6) is 0.795. The molecule has 2 amide bonds. The molecule has 0 saturated carbocycles. The first-order valence-corrected chi connectivity index (χ1v) is 9.45. The van der Waals surface area contributed by atoms with Gasteiger partial charge >= 0.3 is 6.03 Å². The lowest BCUT2D eigenvalue weighted by Crippen LogP contribution is -2.38. The maximum atomic E-state index is 12.5. The summed E-state index contributed by atoms with van der Waals surface area (Å²) in [6.07, 6.45) is 0. The third kappa shape index (κ3) is 4.37. The second kappa shape index (κ2) is 6.78. The molecular formula is C16H24N2O4S.